The first kappa shape index (κ1) is 16.1. The van der Waals surface area contributed by atoms with Crippen LogP contribution in [0.2, 0.25) is 0 Å². The van der Waals surface area contributed by atoms with E-state index in [0.717, 1.165) is 37.6 Å². The van der Waals surface area contributed by atoms with E-state index in [0.29, 0.717) is 0 Å². The monoisotopic (exact) mass is 307 g/mol. The molecule has 0 aliphatic carbocycles. The number of nitrogens with one attached hydrogen (secondary N) is 1. The zero-order valence-electron chi connectivity index (χ0n) is 12.9. The van der Waals surface area contributed by atoms with Crippen LogP contribution in [0.4, 0.5) is 10.5 Å². The number of nitrogens with zero attached hydrogens (tertiary/aromatic N) is 2. The summed E-state index contributed by atoms with van der Waals surface area (Å²) in [5.41, 5.74) is 1.14. The SMILES string of the molecule is COC(=O)NC(=O)CN1CCN(c2ccc(OC)cc2)CC1. The third kappa shape index (κ3) is 4.36. The molecule has 0 radical (unpaired) electrons. The van der Waals surface area contributed by atoms with Crippen LogP contribution in [0.1, 0.15) is 0 Å². The normalized spacial score (nSPS) is 15.3. The van der Waals surface area contributed by atoms with Crippen molar-refractivity contribution in [2.24, 2.45) is 0 Å². The highest BCUT2D eigenvalue weighted by Gasteiger charge is 2.20. The number of benzene rings is 1. The molecule has 1 aliphatic heterocycles. The molecule has 120 valence electrons. The van der Waals surface area contributed by atoms with Crippen molar-refractivity contribution in [2.45, 2.75) is 0 Å². The second-order valence-corrected chi connectivity index (χ2v) is 5.00. The number of hydrogen-bond donors (Lipinski definition) is 1. The van der Waals surface area contributed by atoms with Crippen LogP contribution < -0.4 is 15.0 Å². The Kier molecular flexibility index (Phi) is 5.60. The van der Waals surface area contributed by atoms with E-state index < -0.39 is 6.09 Å². The lowest BCUT2D eigenvalue weighted by molar-refractivity contribution is -0.121. The molecule has 1 aliphatic rings. The summed E-state index contributed by atoms with van der Waals surface area (Å²) in [5, 5.41) is 2.16. The number of hydrogen-bond acceptors (Lipinski definition) is 6. The quantitative estimate of drug-likeness (QED) is 0.883. The zero-order chi connectivity index (χ0) is 15.9. The molecule has 1 fully saturated rings. The first-order valence-electron chi connectivity index (χ1n) is 7.11. The van der Waals surface area contributed by atoms with Crippen molar-refractivity contribution >= 4 is 17.7 Å². The third-order valence-corrected chi connectivity index (χ3v) is 3.60. The van der Waals surface area contributed by atoms with E-state index in [1.807, 2.05) is 29.2 Å². The van der Waals surface area contributed by atoms with Gasteiger partial charge in [0.05, 0.1) is 20.8 Å². The molecule has 2 rings (SSSR count). The second kappa shape index (κ2) is 7.65. The molecular weight excluding hydrogens is 286 g/mol. The van der Waals surface area contributed by atoms with E-state index in [4.69, 9.17) is 4.74 Å². The first-order valence-corrected chi connectivity index (χ1v) is 7.11. The van der Waals surface area contributed by atoms with Gasteiger partial charge in [0.15, 0.2) is 0 Å². The zero-order valence-corrected chi connectivity index (χ0v) is 12.9. The largest absolute Gasteiger partial charge is 0.497 e. The van der Waals surface area contributed by atoms with Gasteiger partial charge in [-0.15, -0.1) is 0 Å². The van der Waals surface area contributed by atoms with Gasteiger partial charge < -0.3 is 14.4 Å². The number of piperazine rings is 1. The molecule has 0 bridgehead atoms. The lowest BCUT2D eigenvalue weighted by Crippen LogP contribution is -2.50. The number of amides is 2. The van der Waals surface area contributed by atoms with Gasteiger partial charge in [0.2, 0.25) is 5.91 Å². The number of carbonyl (C=O) groups excluding carboxylic acids is 2. The summed E-state index contributed by atoms with van der Waals surface area (Å²) >= 11 is 0. The smallest absolute Gasteiger partial charge is 0.413 e. The summed E-state index contributed by atoms with van der Waals surface area (Å²) in [6.07, 6.45) is -0.720. The number of ether oxygens (including phenoxy) is 2. The van der Waals surface area contributed by atoms with Gasteiger partial charge in [-0.1, -0.05) is 0 Å². The Morgan fingerprint density at radius 2 is 1.73 bits per heavy atom. The number of rotatable bonds is 4. The Morgan fingerprint density at radius 1 is 1.09 bits per heavy atom. The average molecular weight is 307 g/mol. The molecule has 0 aromatic heterocycles. The van der Waals surface area contributed by atoms with Gasteiger partial charge >= 0.3 is 6.09 Å². The molecule has 22 heavy (non-hydrogen) atoms. The number of methoxy groups -OCH3 is 2. The lowest BCUT2D eigenvalue weighted by Gasteiger charge is -2.35. The number of imide groups is 1. The minimum Gasteiger partial charge on any atom is -0.497 e. The predicted octanol–water partition coefficient (Wildman–Crippen LogP) is 0.700. The molecule has 0 atom stereocenters. The molecule has 2 amide bonds. The summed E-state index contributed by atoms with van der Waals surface area (Å²) in [4.78, 5) is 26.9. The number of alkyl carbamates (subject to hydrolysis) is 1. The minimum atomic E-state index is -0.720. The Hall–Kier alpha value is -2.28. The molecule has 1 N–H and O–H groups in total. The molecule has 7 nitrogen and oxygen atoms in total. The van der Waals surface area contributed by atoms with E-state index in [-0.39, 0.29) is 12.5 Å². The van der Waals surface area contributed by atoms with Gasteiger partial charge in [-0.2, -0.15) is 0 Å². The van der Waals surface area contributed by atoms with Gasteiger partial charge in [0.25, 0.3) is 0 Å². The summed E-state index contributed by atoms with van der Waals surface area (Å²) in [7, 11) is 2.88. The highest BCUT2D eigenvalue weighted by atomic mass is 16.5. The number of anilines is 1. The Labute approximate surface area is 129 Å². The van der Waals surface area contributed by atoms with E-state index in [1.54, 1.807) is 7.11 Å². The highest BCUT2D eigenvalue weighted by molar-refractivity contribution is 5.92. The van der Waals surface area contributed by atoms with Gasteiger partial charge in [-0.05, 0) is 24.3 Å². The van der Waals surface area contributed by atoms with Crippen molar-refractivity contribution in [3.05, 3.63) is 24.3 Å². The molecular formula is C15H21N3O4. The van der Waals surface area contributed by atoms with Crippen molar-refractivity contribution in [2.75, 3.05) is 51.8 Å². The van der Waals surface area contributed by atoms with E-state index >= 15 is 0 Å². The fourth-order valence-corrected chi connectivity index (χ4v) is 2.36. The van der Waals surface area contributed by atoms with Crippen LogP contribution in [-0.2, 0) is 9.53 Å². The van der Waals surface area contributed by atoms with Crippen LogP contribution in [0.5, 0.6) is 5.75 Å². The van der Waals surface area contributed by atoms with Gasteiger partial charge in [-0.25, -0.2) is 4.79 Å². The van der Waals surface area contributed by atoms with Crippen molar-refractivity contribution < 1.29 is 19.1 Å². The maximum Gasteiger partial charge on any atom is 0.413 e. The first-order chi connectivity index (χ1) is 10.6. The van der Waals surface area contributed by atoms with E-state index in [2.05, 4.69) is 15.0 Å². The molecule has 0 spiro atoms. The summed E-state index contributed by atoms with van der Waals surface area (Å²) in [6, 6.07) is 7.92. The average Bonchev–Trinajstić information content (AvgIpc) is 2.55. The van der Waals surface area contributed by atoms with Crippen molar-refractivity contribution in [3.63, 3.8) is 0 Å². The lowest BCUT2D eigenvalue weighted by atomic mass is 10.2. The summed E-state index contributed by atoms with van der Waals surface area (Å²) < 4.78 is 9.55. The predicted molar refractivity (Wildman–Crippen MR) is 82.2 cm³/mol. The maximum atomic E-state index is 11.6. The van der Waals surface area contributed by atoms with Gasteiger partial charge in [0, 0.05) is 31.9 Å². The van der Waals surface area contributed by atoms with E-state index in [9.17, 15) is 9.59 Å². The molecule has 7 heteroatoms. The van der Waals surface area contributed by atoms with Crippen LogP contribution in [0.25, 0.3) is 0 Å². The van der Waals surface area contributed by atoms with Crippen LogP contribution in [0.3, 0.4) is 0 Å². The third-order valence-electron chi connectivity index (χ3n) is 3.60. The summed E-state index contributed by atoms with van der Waals surface area (Å²) in [6.45, 7) is 3.39. The Balaban J connectivity index is 1.79. The molecule has 1 saturated heterocycles. The van der Waals surface area contributed by atoms with E-state index in [1.165, 1.54) is 7.11 Å². The number of carbonyl (C=O) groups is 2. The topological polar surface area (TPSA) is 71.1 Å². The highest BCUT2D eigenvalue weighted by Crippen LogP contribution is 2.20. The van der Waals surface area contributed by atoms with Crippen LogP contribution in [-0.4, -0.2) is 63.8 Å². The molecule has 0 unspecified atom stereocenters. The summed E-state index contributed by atoms with van der Waals surface area (Å²) in [5.74, 6) is 0.492. The Morgan fingerprint density at radius 3 is 2.27 bits per heavy atom. The Bertz CT molecular complexity index is 510. The van der Waals surface area contributed by atoms with Crippen molar-refractivity contribution in [1.82, 2.24) is 10.2 Å². The standard InChI is InChI=1S/C15H21N3O4/c1-21-13-5-3-12(4-6-13)18-9-7-17(8-10-18)11-14(19)16-15(20)22-2/h3-6H,7-11H2,1-2H3,(H,16,19,20). The molecule has 0 saturated carbocycles. The fraction of sp³-hybridized carbons (Fsp3) is 0.467. The van der Waals surface area contributed by atoms with Crippen LogP contribution >= 0.6 is 0 Å². The van der Waals surface area contributed by atoms with Crippen LogP contribution in [0, 0.1) is 0 Å². The van der Waals surface area contributed by atoms with Gasteiger partial charge in [0.1, 0.15) is 5.75 Å². The maximum absolute atomic E-state index is 11.6. The molecule has 1 heterocycles. The minimum absolute atomic E-state index is 0.200. The fourth-order valence-electron chi connectivity index (χ4n) is 2.36. The molecule has 1 aromatic carbocycles. The van der Waals surface area contributed by atoms with Crippen LogP contribution in [0.15, 0.2) is 24.3 Å². The van der Waals surface area contributed by atoms with Crippen molar-refractivity contribution in [1.29, 1.82) is 0 Å². The second-order valence-electron chi connectivity index (χ2n) is 5.00. The van der Waals surface area contributed by atoms with Crippen molar-refractivity contribution in [3.8, 4) is 5.75 Å². The molecule has 1 aromatic rings. The van der Waals surface area contributed by atoms with Gasteiger partial charge in [-0.3, -0.25) is 15.0 Å².